The lowest BCUT2D eigenvalue weighted by atomic mass is 10.2. The zero-order valence-corrected chi connectivity index (χ0v) is 14.7. The molecule has 7 heteroatoms. The number of aliphatic imine (C=N–C) groups is 1. The summed E-state index contributed by atoms with van der Waals surface area (Å²) in [6.07, 6.45) is 0.964. The second-order valence-electron chi connectivity index (χ2n) is 5.79. The standard InChI is InChI=1S/C19H21F2N3O2/c1-22-19(24-10-9-14-5-3-4-6-15(14)24)23-12-13-7-8-16(25-2)17(11-13)26-18(20)21/h3-8,11,18H,9-10,12H2,1-2H3,(H,22,23). The number of fused-ring (bicyclic) bond motifs is 1. The number of halogens is 2. The maximum absolute atomic E-state index is 12.6. The van der Waals surface area contributed by atoms with Gasteiger partial charge in [-0.15, -0.1) is 0 Å². The van der Waals surface area contributed by atoms with E-state index in [4.69, 9.17) is 4.74 Å². The zero-order valence-electron chi connectivity index (χ0n) is 14.7. The van der Waals surface area contributed by atoms with E-state index >= 15 is 0 Å². The number of hydrogen-bond donors (Lipinski definition) is 1. The van der Waals surface area contributed by atoms with Crippen LogP contribution in [0.2, 0.25) is 0 Å². The Balaban J connectivity index is 1.72. The van der Waals surface area contributed by atoms with Crippen LogP contribution in [0.4, 0.5) is 14.5 Å². The molecule has 2 aromatic rings. The van der Waals surface area contributed by atoms with Crippen molar-refractivity contribution >= 4 is 11.6 Å². The number of ether oxygens (including phenoxy) is 2. The van der Waals surface area contributed by atoms with Crippen molar-refractivity contribution in [2.45, 2.75) is 19.6 Å². The number of rotatable bonds is 5. The molecule has 0 atom stereocenters. The highest BCUT2D eigenvalue weighted by Crippen LogP contribution is 2.30. The van der Waals surface area contributed by atoms with Gasteiger partial charge in [0.15, 0.2) is 17.5 Å². The van der Waals surface area contributed by atoms with Crippen LogP contribution in [-0.4, -0.2) is 33.3 Å². The second kappa shape index (κ2) is 8.03. The van der Waals surface area contributed by atoms with Crippen molar-refractivity contribution in [3.63, 3.8) is 0 Å². The number of nitrogens with one attached hydrogen (secondary N) is 1. The highest BCUT2D eigenvalue weighted by atomic mass is 19.3. The predicted molar refractivity (Wildman–Crippen MR) is 97.3 cm³/mol. The summed E-state index contributed by atoms with van der Waals surface area (Å²) in [7, 11) is 3.14. The molecule has 0 spiro atoms. The van der Waals surface area contributed by atoms with Gasteiger partial charge in [0.05, 0.1) is 7.11 Å². The van der Waals surface area contributed by atoms with Crippen LogP contribution < -0.4 is 19.7 Å². The Morgan fingerprint density at radius 3 is 2.77 bits per heavy atom. The molecule has 0 saturated carbocycles. The SMILES string of the molecule is CN=C(NCc1ccc(OC)c(OC(F)F)c1)N1CCc2ccccc21. The van der Waals surface area contributed by atoms with Crippen molar-refractivity contribution in [3.05, 3.63) is 53.6 Å². The van der Waals surface area contributed by atoms with Gasteiger partial charge in [-0.1, -0.05) is 24.3 Å². The van der Waals surface area contributed by atoms with Gasteiger partial charge in [0.25, 0.3) is 0 Å². The first-order valence-electron chi connectivity index (χ1n) is 8.30. The molecule has 0 fully saturated rings. The lowest BCUT2D eigenvalue weighted by molar-refractivity contribution is -0.0512. The molecule has 0 radical (unpaired) electrons. The smallest absolute Gasteiger partial charge is 0.387 e. The highest BCUT2D eigenvalue weighted by Gasteiger charge is 2.22. The zero-order chi connectivity index (χ0) is 18.5. The molecule has 3 rings (SSSR count). The first-order valence-corrected chi connectivity index (χ1v) is 8.30. The van der Waals surface area contributed by atoms with Crippen LogP contribution >= 0.6 is 0 Å². The summed E-state index contributed by atoms with van der Waals surface area (Å²) in [5, 5.41) is 3.28. The Labute approximate surface area is 151 Å². The fourth-order valence-electron chi connectivity index (χ4n) is 3.05. The molecule has 0 unspecified atom stereocenters. The predicted octanol–water partition coefficient (Wildman–Crippen LogP) is 3.43. The van der Waals surface area contributed by atoms with E-state index in [9.17, 15) is 8.78 Å². The first kappa shape index (κ1) is 18.0. The van der Waals surface area contributed by atoms with Crippen LogP contribution in [0.5, 0.6) is 11.5 Å². The van der Waals surface area contributed by atoms with E-state index in [-0.39, 0.29) is 11.5 Å². The van der Waals surface area contributed by atoms with Gasteiger partial charge in [-0.2, -0.15) is 8.78 Å². The lowest BCUT2D eigenvalue weighted by Gasteiger charge is -2.22. The minimum atomic E-state index is -2.90. The van der Waals surface area contributed by atoms with Gasteiger partial charge in [0.2, 0.25) is 0 Å². The molecule has 138 valence electrons. The number of nitrogens with zero attached hydrogens (tertiary/aromatic N) is 2. The van der Waals surface area contributed by atoms with Crippen molar-refractivity contribution in [2.75, 3.05) is 25.6 Å². The van der Waals surface area contributed by atoms with Gasteiger partial charge in [-0.05, 0) is 35.7 Å². The van der Waals surface area contributed by atoms with Gasteiger partial charge in [0, 0.05) is 25.8 Å². The topological polar surface area (TPSA) is 46.1 Å². The number of hydrogen-bond acceptors (Lipinski definition) is 3. The molecular weight excluding hydrogens is 340 g/mol. The maximum atomic E-state index is 12.6. The number of anilines is 1. The Bertz CT molecular complexity index is 796. The van der Waals surface area contributed by atoms with Crippen LogP contribution in [0.1, 0.15) is 11.1 Å². The molecule has 0 aliphatic carbocycles. The van der Waals surface area contributed by atoms with Gasteiger partial charge in [0.1, 0.15) is 0 Å². The number of alkyl halides is 2. The van der Waals surface area contributed by atoms with Crippen molar-refractivity contribution in [3.8, 4) is 11.5 Å². The monoisotopic (exact) mass is 361 g/mol. The minimum absolute atomic E-state index is 0.0169. The van der Waals surface area contributed by atoms with E-state index in [2.05, 4.69) is 32.1 Å². The third-order valence-corrected chi connectivity index (χ3v) is 4.25. The van der Waals surface area contributed by atoms with Crippen molar-refractivity contribution in [1.82, 2.24) is 5.32 Å². The van der Waals surface area contributed by atoms with Gasteiger partial charge < -0.3 is 19.7 Å². The van der Waals surface area contributed by atoms with E-state index in [1.54, 1.807) is 25.2 Å². The summed E-state index contributed by atoms with van der Waals surface area (Å²) in [6, 6.07) is 13.2. The van der Waals surface area contributed by atoms with E-state index in [1.807, 2.05) is 12.1 Å². The van der Waals surface area contributed by atoms with Crippen molar-refractivity contribution in [1.29, 1.82) is 0 Å². The van der Waals surface area contributed by atoms with Crippen LogP contribution in [0.3, 0.4) is 0 Å². The van der Waals surface area contributed by atoms with E-state index in [1.165, 1.54) is 12.7 Å². The Hall–Kier alpha value is -2.83. The molecule has 1 aliphatic heterocycles. The summed E-state index contributed by atoms with van der Waals surface area (Å²) in [5.74, 6) is 1.03. The number of guanidine groups is 1. The van der Waals surface area contributed by atoms with E-state index in [0.29, 0.717) is 6.54 Å². The fourth-order valence-corrected chi connectivity index (χ4v) is 3.05. The number of benzene rings is 2. The molecule has 0 aromatic heterocycles. The lowest BCUT2D eigenvalue weighted by Crippen LogP contribution is -2.40. The third-order valence-electron chi connectivity index (χ3n) is 4.25. The van der Waals surface area contributed by atoms with Crippen molar-refractivity contribution < 1.29 is 18.3 Å². The van der Waals surface area contributed by atoms with Crippen LogP contribution in [-0.2, 0) is 13.0 Å². The Morgan fingerprint density at radius 1 is 1.23 bits per heavy atom. The molecule has 1 heterocycles. The van der Waals surface area contributed by atoms with Crippen LogP contribution in [0, 0.1) is 0 Å². The third kappa shape index (κ3) is 3.87. The summed E-state index contributed by atoms with van der Waals surface area (Å²) < 4.78 is 34.7. The molecule has 5 nitrogen and oxygen atoms in total. The van der Waals surface area contributed by atoms with Gasteiger partial charge in [-0.25, -0.2) is 0 Å². The summed E-state index contributed by atoms with van der Waals surface area (Å²) >= 11 is 0. The fraction of sp³-hybridized carbons (Fsp3) is 0.316. The quantitative estimate of drug-likeness (QED) is 0.655. The highest BCUT2D eigenvalue weighted by molar-refractivity contribution is 5.97. The molecule has 0 bridgehead atoms. The average molecular weight is 361 g/mol. The molecular formula is C19H21F2N3O2. The minimum Gasteiger partial charge on any atom is -0.493 e. The molecule has 2 aromatic carbocycles. The molecule has 0 saturated heterocycles. The van der Waals surface area contributed by atoms with Crippen molar-refractivity contribution in [2.24, 2.45) is 4.99 Å². The normalized spacial score (nSPS) is 13.7. The van der Waals surface area contributed by atoms with Crippen LogP contribution in [0.25, 0.3) is 0 Å². The van der Waals surface area contributed by atoms with Gasteiger partial charge in [-0.3, -0.25) is 4.99 Å². The van der Waals surface area contributed by atoms with E-state index < -0.39 is 6.61 Å². The molecule has 1 aliphatic rings. The molecule has 26 heavy (non-hydrogen) atoms. The number of methoxy groups -OCH3 is 1. The largest absolute Gasteiger partial charge is 0.493 e. The average Bonchev–Trinajstić information content (AvgIpc) is 3.06. The molecule has 0 amide bonds. The number of para-hydroxylation sites is 1. The van der Waals surface area contributed by atoms with Gasteiger partial charge >= 0.3 is 6.61 Å². The summed E-state index contributed by atoms with van der Waals surface area (Å²) in [5.41, 5.74) is 3.21. The Morgan fingerprint density at radius 2 is 2.04 bits per heavy atom. The second-order valence-corrected chi connectivity index (χ2v) is 5.79. The first-order chi connectivity index (χ1) is 12.6. The Kier molecular flexibility index (Phi) is 5.55. The summed E-state index contributed by atoms with van der Waals surface area (Å²) in [6.45, 7) is -1.63. The van der Waals surface area contributed by atoms with Crippen LogP contribution in [0.15, 0.2) is 47.5 Å². The van der Waals surface area contributed by atoms with E-state index in [0.717, 1.165) is 30.2 Å². The molecule has 1 N–H and O–H groups in total. The summed E-state index contributed by atoms with van der Waals surface area (Å²) in [4.78, 5) is 6.46. The maximum Gasteiger partial charge on any atom is 0.387 e.